The van der Waals surface area contributed by atoms with E-state index in [0.717, 1.165) is 17.0 Å². The molecule has 0 saturated carbocycles. The normalized spacial score (nSPS) is 10.5. The van der Waals surface area contributed by atoms with Gasteiger partial charge >= 0.3 is 0 Å². The van der Waals surface area contributed by atoms with Crippen molar-refractivity contribution in [3.05, 3.63) is 28.3 Å². The average Bonchev–Trinajstić information content (AvgIpc) is 2.61. The molecular weight excluding hydrogens is 170 g/mol. The van der Waals surface area contributed by atoms with E-state index in [4.69, 9.17) is 4.52 Å². The van der Waals surface area contributed by atoms with E-state index >= 15 is 0 Å². The van der Waals surface area contributed by atoms with E-state index in [1.807, 2.05) is 13.8 Å². The second-order valence-electron chi connectivity index (χ2n) is 2.71. The maximum Gasteiger partial charge on any atom is 0.141 e. The number of thiophene rings is 1. The molecule has 0 N–H and O–H groups in total. The number of hydrogen-bond donors (Lipinski definition) is 0. The van der Waals surface area contributed by atoms with Crippen molar-refractivity contribution in [2.24, 2.45) is 0 Å². The highest BCUT2D eigenvalue weighted by atomic mass is 32.1. The molecule has 2 heterocycles. The van der Waals surface area contributed by atoms with Gasteiger partial charge in [-0.3, -0.25) is 0 Å². The quantitative estimate of drug-likeness (QED) is 0.672. The summed E-state index contributed by atoms with van der Waals surface area (Å²) >= 11 is 1.69. The molecule has 62 valence electrons. The monoisotopic (exact) mass is 179 g/mol. The largest absolute Gasteiger partial charge is 0.361 e. The molecule has 0 radical (unpaired) electrons. The van der Waals surface area contributed by atoms with Gasteiger partial charge in [-0.15, -0.1) is 0 Å². The van der Waals surface area contributed by atoms with Crippen LogP contribution in [0.1, 0.15) is 11.5 Å². The number of aromatic nitrogens is 1. The van der Waals surface area contributed by atoms with Crippen LogP contribution in [0.4, 0.5) is 0 Å². The Bertz CT molecular complexity index is 356. The molecule has 0 fully saturated rings. The third-order valence-corrected chi connectivity index (χ3v) is 2.53. The van der Waals surface area contributed by atoms with Crippen molar-refractivity contribution in [2.75, 3.05) is 0 Å². The van der Waals surface area contributed by atoms with E-state index < -0.39 is 0 Å². The fourth-order valence-corrected chi connectivity index (χ4v) is 1.95. The Kier molecular flexibility index (Phi) is 1.73. The average molecular weight is 179 g/mol. The second-order valence-corrected chi connectivity index (χ2v) is 3.49. The van der Waals surface area contributed by atoms with Gasteiger partial charge in [-0.25, -0.2) is 0 Å². The fourth-order valence-electron chi connectivity index (χ4n) is 1.30. The lowest BCUT2D eigenvalue weighted by Crippen LogP contribution is -1.76. The standard InChI is InChI=1S/C9H9NOS/c1-6-9(7(2)11-10-6)8-3-4-12-5-8/h3-5H,1-2H3. The highest BCUT2D eigenvalue weighted by Crippen LogP contribution is 2.28. The molecule has 0 aromatic carbocycles. The maximum atomic E-state index is 5.07. The topological polar surface area (TPSA) is 26.0 Å². The van der Waals surface area contributed by atoms with Crippen LogP contribution < -0.4 is 0 Å². The lowest BCUT2D eigenvalue weighted by Gasteiger charge is -1.92. The van der Waals surface area contributed by atoms with Gasteiger partial charge < -0.3 is 4.52 Å². The summed E-state index contributed by atoms with van der Waals surface area (Å²) in [7, 11) is 0. The van der Waals surface area contributed by atoms with Crippen LogP contribution in [0.25, 0.3) is 11.1 Å². The zero-order chi connectivity index (χ0) is 8.55. The highest BCUT2D eigenvalue weighted by Gasteiger charge is 2.10. The lowest BCUT2D eigenvalue weighted by molar-refractivity contribution is 0.393. The molecule has 0 bridgehead atoms. The van der Waals surface area contributed by atoms with Gasteiger partial charge in [0.05, 0.1) is 5.69 Å². The van der Waals surface area contributed by atoms with Crippen molar-refractivity contribution >= 4 is 11.3 Å². The van der Waals surface area contributed by atoms with Crippen LogP contribution in [0.15, 0.2) is 21.3 Å². The molecule has 0 spiro atoms. The maximum absolute atomic E-state index is 5.07. The highest BCUT2D eigenvalue weighted by molar-refractivity contribution is 7.08. The summed E-state index contributed by atoms with van der Waals surface area (Å²) < 4.78 is 5.07. The SMILES string of the molecule is Cc1noc(C)c1-c1ccsc1. The molecule has 2 rings (SSSR count). The Morgan fingerprint density at radius 1 is 1.42 bits per heavy atom. The van der Waals surface area contributed by atoms with Crippen molar-refractivity contribution in [3.63, 3.8) is 0 Å². The van der Waals surface area contributed by atoms with Crippen molar-refractivity contribution in [2.45, 2.75) is 13.8 Å². The first-order chi connectivity index (χ1) is 5.79. The zero-order valence-electron chi connectivity index (χ0n) is 7.00. The van der Waals surface area contributed by atoms with E-state index in [1.165, 1.54) is 5.56 Å². The first-order valence-electron chi connectivity index (χ1n) is 3.74. The third-order valence-electron chi connectivity index (χ3n) is 1.84. The Morgan fingerprint density at radius 3 is 2.75 bits per heavy atom. The summed E-state index contributed by atoms with van der Waals surface area (Å²) in [5.41, 5.74) is 3.30. The Balaban J connectivity index is 2.60. The van der Waals surface area contributed by atoms with Gasteiger partial charge in [0.15, 0.2) is 0 Å². The molecule has 0 unspecified atom stereocenters. The minimum Gasteiger partial charge on any atom is -0.361 e. The third kappa shape index (κ3) is 1.06. The molecule has 2 aromatic rings. The van der Waals surface area contributed by atoms with Crippen LogP contribution in [0.3, 0.4) is 0 Å². The molecular formula is C9H9NOS. The summed E-state index contributed by atoms with van der Waals surface area (Å²) in [4.78, 5) is 0. The van der Waals surface area contributed by atoms with E-state index in [9.17, 15) is 0 Å². The molecule has 3 heteroatoms. The van der Waals surface area contributed by atoms with Gasteiger partial charge in [0.25, 0.3) is 0 Å². The first kappa shape index (κ1) is 7.55. The molecule has 12 heavy (non-hydrogen) atoms. The summed E-state index contributed by atoms with van der Waals surface area (Å²) in [6.45, 7) is 3.90. The van der Waals surface area contributed by atoms with Gasteiger partial charge in [-0.2, -0.15) is 11.3 Å². The molecule has 0 amide bonds. The second kappa shape index (κ2) is 2.75. The van der Waals surface area contributed by atoms with E-state index in [-0.39, 0.29) is 0 Å². The van der Waals surface area contributed by atoms with Gasteiger partial charge in [-0.05, 0) is 36.2 Å². The van der Waals surface area contributed by atoms with Crippen molar-refractivity contribution in [1.29, 1.82) is 0 Å². The first-order valence-corrected chi connectivity index (χ1v) is 4.69. The van der Waals surface area contributed by atoms with Crippen LogP contribution in [0, 0.1) is 13.8 Å². The van der Waals surface area contributed by atoms with Gasteiger partial charge in [-0.1, -0.05) is 5.16 Å². The molecule has 0 aliphatic rings. The van der Waals surface area contributed by atoms with Crippen LogP contribution in [-0.2, 0) is 0 Å². The lowest BCUT2D eigenvalue weighted by atomic mass is 10.1. The molecule has 0 atom stereocenters. The van der Waals surface area contributed by atoms with Crippen molar-refractivity contribution in [3.8, 4) is 11.1 Å². The molecule has 0 aliphatic carbocycles. The van der Waals surface area contributed by atoms with Gasteiger partial charge in [0.2, 0.25) is 0 Å². The number of hydrogen-bond acceptors (Lipinski definition) is 3. The summed E-state index contributed by atoms with van der Waals surface area (Å²) in [5, 5.41) is 8.06. The van der Waals surface area contributed by atoms with Crippen molar-refractivity contribution < 1.29 is 4.52 Å². The fraction of sp³-hybridized carbons (Fsp3) is 0.222. The van der Waals surface area contributed by atoms with Crippen LogP contribution >= 0.6 is 11.3 Å². The van der Waals surface area contributed by atoms with E-state index in [1.54, 1.807) is 11.3 Å². The Hall–Kier alpha value is -1.09. The van der Waals surface area contributed by atoms with E-state index in [0.29, 0.717) is 0 Å². The molecule has 0 saturated heterocycles. The van der Waals surface area contributed by atoms with Gasteiger partial charge in [0.1, 0.15) is 5.76 Å². The van der Waals surface area contributed by atoms with E-state index in [2.05, 4.69) is 22.0 Å². The number of aryl methyl sites for hydroxylation is 2. The Morgan fingerprint density at radius 2 is 2.25 bits per heavy atom. The van der Waals surface area contributed by atoms with Crippen molar-refractivity contribution in [1.82, 2.24) is 5.16 Å². The summed E-state index contributed by atoms with van der Waals surface area (Å²) in [6, 6.07) is 2.08. The zero-order valence-corrected chi connectivity index (χ0v) is 7.81. The number of nitrogens with zero attached hydrogens (tertiary/aromatic N) is 1. The minimum atomic E-state index is 0.894. The summed E-state index contributed by atoms with van der Waals surface area (Å²) in [6.07, 6.45) is 0. The summed E-state index contributed by atoms with van der Waals surface area (Å²) in [5.74, 6) is 0.894. The molecule has 0 aliphatic heterocycles. The minimum absolute atomic E-state index is 0.894. The van der Waals surface area contributed by atoms with Crippen LogP contribution in [0.2, 0.25) is 0 Å². The number of rotatable bonds is 1. The molecule has 2 nitrogen and oxygen atoms in total. The van der Waals surface area contributed by atoms with Gasteiger partial charge in [0, 0.05) is 5.56 Å². The predicted octanol–water partition coefficient (Wildman–Crippen LogP) is 3.02. The smallest absolute Gasteiger partial charge is 0.141 e. The Labute approximate surface area is 74.8 Å². The van der Waals surface area contributed by atoms with Crippen LogP contribution in [0.5, 0.6) is 0 Å². The van der Waals surface area contributed by atoms with Crippen LogP contribution in [-0.4, -0.2) is 5.16 Å². The molecule has 2 aromatic heterocycles. The predicted molar refractivity (Wildman–Crippen MR) is 49.3 cm³/mol.